The first-order valence-electron chi connectivity index (χ1n) is 5.29. The van der Waals surface area contributed by atoms with Gasteiger partial charge in [0.1, 0.15) is 0 Å². The summed E-state index contributed by atoms with van der Waals surface area (Å²) < 4.78 is 10.8. The molecule has 5 nitrogen and oxygen atoms in total. The smallest absolute Gasteiger partial charge is 0.261 e. The summed E-state index contributed by atoms with van der Waals surface area (Å²) in [4.78, 5) is 25.3. The molecule has 0 N–H and O–H groups in total. The van der Waals surface area contributed by atoms with E-state index in [2.05, 4.69) is 15.9 Å². The van der Waals surface area contributed by atoms with Gasteiger partial charge in [-0.2, -0.15) is 0 Å². The van der Waals surface area contributed by atoms with E-state index in [1.54, 1.807) is 18.2 Å². The van der Waals surface area contributed by atoms with E-state index in [-0.39, 0.29) is 18.4 Å². The maximum absolute atomic E-state index is 12.1. The molecule has 6 heteroatoms. The number of hydrogen-bond acceptors (Lipinski definition) is 4. The highest BCUT2D eigenvalue weighted by molar-refractivity contribution is 9.10. The molecule has 0 radical (unpaired) electrons. The first kappa shape index (κ1) is 13.2. The normalized spacial score (nSPS) is 14.6. The van der Waals surface area contributed by atoms with Crippen molar-refractivity contribution in [2.75, 3.05) is 20.8 Å². The molecule has 0 unspecified atom stereocenters. The SMILES string of the molecule is COC(CN1C(=O)c2ccc(Br)cc2C1=O)OC. The van der Waals surface area contributed by atoms with Crippen LogP contribution in [0.3, 0.4) is 0 Å². The summed E-state index contributed by atoms with van der Waals surface area (Å²) in [7, 11) is 2.92. The van der Waals surface area contributed by atoms with Crippen molar-refractivity contribution in [2.45, 2.75) is 6.29 Å². The van der Waals surface area contributed by atoms with Crippen LogP contribution in [0.1, 0.15) is 20.7 Å². The molecule has 0 bridgehead atoms. The van der Waals surface area contributed by atoms with Gasteiger partial charge in [-0.15, -0.1) is 0 Å². The van der Waals surface area contributed by atoms with Crippen LogP contribution in [-0.4, -0.2) is 43.8 Å². The standard InChI is InChI=1S/C12H12BrNO4/c1-17-10(18-2)6-14-11(15)8-4-3-7(13)5-9(8)12(14)16/h3-5,10H,6H2,1-2H3. The van der Waals surface area contributed by atoms with Gasteiger partial charge in [-0.05, 0) is 18.2 Å². The molecule has 0 aliphatic carbocycles. The second-order valence-corrected chi connectivity index (χ2v) is 4.73. The van der Waals surface area contributed by atoms with Crippen LogP contribution in [0.15, 0.2) is 22.7 Å². The number of imide groups is 1. The monoisotopic (exact) mass is 313 g/mol. The molecule has 0 fully saturated rings. The van der Waals surface area contributed by atoms with Crippen LogP contribution in [0, 0.1) is 0 Å². The zero-order valence-corrected chi connectivity index (χ0v) is 11.6. The lowest BCUT2D eigenvalue weighted by Crippen LogP contribution is -2.38. The zero-order chi connectivity index (χ0) is 13.3. The average Bonchev–Trinajstić information content (AvgIpc) is 2.60. The molecule has 1 heterocycles. The molecule has 2 rings (SSSR count). The van der Waals surface area contributed by atoms with Crippen molar-refractivity contribution in [1.29, 1.82) is 0 Å². The molecule has 2 amide bonds. The highest BCUT2D eigenvalue weighted by atomic mass is 79.9. The average molecular weight is 314 g/mol. The molecular weight excluding hydrogens is 302 g/mol. The topological polar surface area (TPSA) is 55.8 Å². The number of carbonyl (C=O) groups excluding carboxylic acids is 2. The van der Waals surface area contributed by atoms with Crippen molar-refractivity contribution >= 4 is 27.7 Å². The Labute approximate surface area is 113 Å². The summed E-state index contributed by atoms with van der Waals surface area (Å²) in [6.45, 7) is 0.0803. The van der Waals surface area contributed by atoms with Crippen molar-refractivity contribution in [3.05, 3.63) is 33.8 Å². The molecule has 18 heavy (non-hydrogen) atoms. The van der Waals surface area contributed by atoms with Crippen molar-refractivity contribution in [3.63, 3.8) is 0 Å². The minimum absolute atomic E-state index is 0.0803. The highest BCUT2D eigenvalue weighted by Gasteiger charge is 2.36. The minimum Gasteiger partial charge on any atom is -0.354 e. The molecule has 0 aromatic heterocycles. The predicted octanol–water partition coefficient (Wildman–Crippen LogP) is 1.66. The second-order valence-electron chi connectivity index (χ2n) is 3.81. The number of methoxy groups -OCH3 is 2. The molecule has 1 aromatic rings. The van der Waals surface area contributed by atoms with Crippen molar-refractivity contribution < 1.29 is 19.1 Å². The fraction of sp³-hybridized carbons (Fsp3) is 0.333. The number of rotatable bonds is 4. The Morgan fingerprint density at radius 1 is 1.17 bits per heavy atom. The van der Waals surface area contributed by atoms with Crippen LogP contribution in [0.4, 0.5) is 0 Å². The number of ether oxygens (including phenoxy) is 2. The number of hydrogen-bond donors (Lipinski definition) is 0. The fourth-order valence-corrected chi connectivity index (χ4v) is 2.18. The highest BCUT2D eigenvalue weighted by Crippen LogP contribution is 2.26. The molecule has 96 valence electrons. The van der Waals surface area contributed by atoms with E-state index in [1.807, 2.05) is 0 Å². The molecule has 0 atom stereocenters. The third-order valence-corrected chi connectivity index (χ3v) is 3.28. The van der Waals surface area contributed by atoms with Gasteiger partial charge in [0.2, 0.25) is 0 Å². The van der Waals surface area contributed by atoms with Gasteiger partial charge in [-0.1, -0.05) is 15.9 Å². The van der Waals surface area contributed by atoms with E-state index in [4.69, 9.17) is 9.47 Å². The number of amides is 2. The third kappa shape index (κ3) is 2.19. The number of halogens is 1. The molecule has 1 aliphatic rings. The summed E-state index contributed by atoms with van der Waals surface area (Å²) in [5, 5.41) is 0. The Hall–Kier alpha value is -1.24. The first-order valence-corrected chi connectivity index (χ1v) is 6.09. The quantitative estimate of drug-likeness (QED) is 0.626. The minimum atomic E-state index is -0.615. The van der Waals surface area contributed by atoms with E-state index >= 15 is 0 Å². The largest absolute Gasteiger partial charge is 0.354 e. The van der Waals surface area contributed by atoms with Crippen LogP contribution in [0.5, 0.6) is 0 Å². The maximum atomic E-state index is 12.1. The zero-order valence-electron chi connectivity index (χ0n) is 9.97. The van der Waals surface area contributed by atoms with E-state index in [0.29, 0.717) is 11.1 Å². The summed E-state index contributed by atoms with van der Waals surface area (Å²) >= 11 is 3.28. The lowest BCUT2D eigenvalue weighted by molar-refractivity contribution is -0.108. The van der Waals surface area contributed by atoms with Gasteiger partial charge in [0.05, 0.1) is 17.7 Å². The fourth-order valence-electron chi connectivity index (χ4n) is 1.82. The number of nitrogens with zero attached hydrogens (tertiary/aromatic N) is 1. The van der Waals surface area contributed by atoms with Crippen LogP contribution in [0.25, 0.3) is 0 Å². The van der Waals surface area contributed by atoms with Gasteiger partial charge in [-0.3, -0.25) is 14.5 Å². The van der Waals surface area contributed by atoms with Crippen LogP contribution in [0.2, 0.25) is 0 Å². The predicted molar refractivity (Wildman–Crippen MR) is 67.3 cm³/mol. The Kier molecular flexibility index (Phi) is 3.79. The molecule has 1 aliphatic heterocycles. The Bertz CT molecular complexity index is 499. The first-order chi connectivity index (χ1) is 8.58. The lowest BCUT2D eigenvalue weighted by Gasteiger charge is -2.19. The van der Waals surface area contributed by atoms with Crippen molar-refractivity contribution in [2.24, 2.45) is 0 Å². The van der Waals surface area contributed by atoms with Gasteiger partial charge in [0.15, 0.2) is 6.29 Å². The van der Waals surface area contributed by atoms with Gasteiger partial charge in [0.25, 0.3) is 11.8 Å². The molecule has 0 spiro atoms. The van der Waals surface area contributed by atoms with Gasteiger partial charge in [-0.25, -0.2) is 0 Å². The van der Waals surface area contributed by atoms with Crippen LogP contribution >= 0.6 is 15.9 Å². The van der Waals surface area contributed by atoms with Crippen LogP contribution in [-0.2, 0) is 9.47 Å². The molecule has 1 aromatic carbocycles. The Morgan fingerprint density at radius 3 is 2.39 bits per heavy atom. The number of carbonyl (C=O) groups is 2. The lowest BCUT2D eigenvalue weighted by atomic mass is 10.1. The Morgan fingerprint density at radius 2 is 1.78 bits per heavy atom. The Balaban J connectivity index is 2.28. The van der Waals surface area contributed by atoms with E-state index in [1.165, 1.54) is 14.2 Å². The summed E-state index contributed by atoms with van der Waals surface area (Å²) in [6.07, 6.45) is -0.615. The van der Waals surface area contributed by atoms with Gasteiger partial charge in [0, 0.05) is 18.7 Å². The summed E-state index contributed by atoms with van der Waals surface area (Å²) in [5.41, 5.74) is 0.814. The van der Waals surface area contributed by atoms with Gasteiger partial charge < -0.3 is 9.47 Å². The summed E-state index contributed by atoms with van der Waals surface area (Å²) in [6, 6.07) is 5.01. The van der Waals surface area contributed by atoms with Gasteiger partial charge >= 0.3 is 0 Å². The molecule has 0 saturated carbocycles. The second kappa shape index (κ2) is 5.17. The maximum Gasteiger partial charge on any atom is 0.261 e. The number of benzene rings is 1. The summed E-state index contributed by atoms with van der Waals surface area (Å²) in [5.74, 6) is -0.642. The third-order valence-electron chi connectivity index (χ3n) is 2.79. The van der Waals surface area contributed by atoms with E-state index < -0.39 is 6.29 Å². The molecular formula is C12H12BrNO4. The van der Waals surface area contributed by atoms with Crippen molar-refractivity contribution in [3.8, 4) is 0 Å². The van der Waals surface area contributed by atoms with E-state index in [0.717, 1.165) is 9.37 Å². The number of fused-ring (bicyclic) bond motifs is 1. The van der Waals surface area contributed by atoms with E-state index in [9.17, 15) is 9.59 Å². The van der Waals surface area contributed by atoms with Crippen LogP contribution < -0.4 is 0 Å². The molecule has 0 saturated heterocycles. The van der Waals surface area contributed by atoms with Crippen molar-refractivity contribution in [1.82, 2.24) is 4.90 Å².